The van der Waals surface area contributed by atoms with Crippen LogP contribution in [0, 0.1) is 6.92 Å². The van der Waals surface area contributed by atoms with Crippen LogP contribution in [-0.4, -0.2) is 18.5 Å². The molecule has 0 aromatic heterocycles. The van der Waals surface area contributed by atoms with Crippen LogP contribution in [0.5, 0.6) is 0 Å². The van der Waals surface area contributed by atoms with E-state index >= 15 is 0 Å². The molecule has 0 spiro atoms. The topological polar surface area (TPSA) is 27.7 Å². The van der Waals surface area contributed by atoms with Crippen LogP contribution in [0.2, 0.25) is 0 Å². The highest BCUT2D eigenvalue weighted by Gasteiger charge is 2.52. The van der Waals surface area contributed by atoms with E-state index in [9.17, 15) is 0 Å². The molecule has 2 rings (SSSR count). The smallest absolute Gasteiger partial charge is 0.382 e. The number of hydrogen-bond acceptors (Lipinski definition) is 3. The first-order valence-electron chi connectivity index (χ1n) is 6.33. The lowest BCUT2D eigenvalue weighted by molar-refractivity contribution is 0.00578. The maximum atomic E-state index is 5.78. The van der Waals surface area contributed by atoms with Gasteiger partial charge in [-0.1, -0.05) is 24.3 Å². The van der Waals surface area contributed by atoms with Gasteiger partial charge in [0.25, 0.3) is 0 Å². The summed E-state index contributed by atoms with van der Waals surface area (Å²) in [4.78, 5) is 0. The predicted molar refractivity (Wildman–Crippen MR) is 72.1 cm³/mol. The van der Waals surface area contributed by atoms with E-state index in [1.54, 1.807) is 0 Å². The van der Waals surface area contributed by atoms with Crippen molar-refractivity contribution in [3.8, 4) is 0 Å². The van der Waals surface area contributed by atoms with Crippen molar-refractivity contribution in [2.75, 3.05) is 0 Å². The molecule has 18 heavy (non-hydrogen) atoms. The SMILES string of the molecule is Cc1ccccc1COB1OC(C)(C)C(C)(C)O1. The largest absolute Gasteiger partial charge is 0.640 e. The van der Waals surface area contributed by atoms with E-state index in [2.05, 4.69) is 19.1 Å². The highest BCUT2D eigenvalue weighted by Crippen LogP contribution is 2.37. The van der Waals surface area contributed by atoms with E-state index < -0.39 is 7.32 Å². The lowest BCUT2D eigenvalue weighted by Crippen LogP contribution is -2.41. The Morgan fingerprint density at radius 2 is 1.61 bits per heavy atom. The summed E-state index contributed by atoms with van der Waals surface area (Å²) in [5.74, 6) is 0. The van der Waals surface area contributed by atoms with Crippen molar-refractivity contribution in [1.29, 1.82) is 0 Å². The van der Waals surface area contributed by atoms with Crippen molar-refractivity contribution in [3.05, 3.63) is 35.4 Å². The van der Waals surface area contributed by atoms with E-state index in [-0.39, 0.29) is 11.2 Å². The molecule has 0 bridgehead atoms. The first-order chi connectivity index (χ1) is 8.32. The van der Waals surface area contributed by atoms with Gasteiger partial charge in [-0.15, -0.1) is 0 Å². The fourth-order valence-electron chi connectivity index (χ4n) is 1.79. The third-order valence-corrected chi connectivity index (χ3v) is 3.87. The van der Waals surface area contributed by atoms with Crippen LogP contribution < -0.4 is 0 Å². The van der Waals surface area contributed by atoms with Crippen LogP contribution in [0.15, 0.2) is 24.3 Å². The molecule has 1 heterocycles. The first kappa shape index (κ1) is 13.6. The van der Waals surface area contributed by atoms with Crippen molar-refractivity contribution in [2.24, 2.45) is 0 Å². The number of aryl methyl sites for hydroxylation is 1. The Kier molecular flexibility index (Phi) is 3.54. The second-order valence-corrected chi connectivity index (χ2v) is 5.78. The van der Waals surface area contributed by atoms with Crippen LogP contribution in [-0.2, 0) is 20.6 Å². The molecule has 1 aliphatic rings. The van der Waals surface area contributed by atoms with Gasteiger partial charge in [-0.2, -0.15) is 0 Å². The van der Waals surface area contributed by atoms with Gasteiger partial charge in [-0.25, -0.2) is 0 Å². The molecule has 4 heteroatoms. The van der Waals surface area contributed by atoms with Gasteiger partial charge < -0.3 is 14.0 Å². The lowest BCUT2D eigenvalue weighted by atomic mass is 9.90. The highest BCUT2D eigenvalue weighted by atomic mass is 16.8. The Bertz CT molecular complexity index is 413. The number of hydrogen-bond donors (Lipinski definition) is 0. The lowest BCUT2D eigenvalue weighted by Gasteiger charge is -2.31. The predicted octanol–water partition coefficient (Wildman–Crippen LogP) is 3.10. The van der Waals surface area contributed by atoms with Crippen molar-refractivity contribution in [2.45, 2.75) is 52.4 Å². The Labute approximate surface area is 110 Å². The third kappa shape index (κ3) is 2.61. The van der Waals surface area contributed by atoms with Crippen molar-refractivity contribution in [3.63, 3.8) is 0 Å². The van der Waals surface area contributed by atoms with Gasteiger partial charge >= 0.3 is 7.32 Å². The molecule has 0 saturated carbocycles. The highest BCUT2D eigenvalue weighted by molar-refractivity contribution is 6.37. The van der Waals surface area contributed by atoms with Gasteiger partial charge in [0.1, 0.15) is 0 Å². The molecule has 1 aliphatic heterocycles. The van der Waals surface area contributed by atoms with E-state index in [4.69, 9.17) is 14.0 Å². The monoisotopic (exact) mass is 248 g/mol. The zero-order chi connectivity index (χ0) is 13.4. The van der Waals surface area contributed by atoms with Gasteiger partial charge in [0.2, 0.25) is 0 Å². The Hall–Kier alpha value is -0.835. The fraction of sp³-hybridized carbons (Fsp3) is 0.571. The van der Waals surface area contributed by atoms with Crippen LogP contribution in [0.4, 0.5) is 0 Å². The van der Waals surface area contributed by atoms with Crippen LogP contribution >= 0.6 is 0 Å². The molecule has 0 atom stereocenters. The molecular weight excluding hydrogens is 227 g/mol. The Balaban J connectivity index is 1.96. The summed E-state index contributed by atoms with van der Waals surface area (Å²) in [7, 11) is -0.588. The van der Waals surface area contributed by atoms with Crippen LogP contribution in [0.3, 0.4) is 0 Å². The van der Waals surface area contributed by atoms with Gasteiger partial charge in [-0.05, 0) is 45.7 Å². The molecule has 0 N–H and O–H groups in total. The average molecular weight is 248 g/mol. The minimum absolute atomic E-state index is 0.344. The molecular formula is C14H21BO3. The maximum Gasteiger partial charge on any atom is 0.640 e. The summed E-state index contributed by atoms with van der Waals surface area (Å²) in [6.07, 6.45) is 0. The average Bonchev–Trinajstić information content (AvgIpc) is 2.46. The summed E-state index contributed by atoms with van der Waals surface area (Å²) < 4.78 is 17.3. The minimum Gasteiger partial charge on any atom is -0.382 e. The van der Waals surface area contributed by atoms with E-state index in [1.165, 1.54) is 5.56 Å². The molecule has 0 amide bonds. The van der Waals surface area contributed by atoms with E-state index in [0.29, 0.717) is 6.61 Å². The Morgan fingerprint density at radius 3 is 2.17 bits per heavy atom. The minimum atomic E-state index is -0.588. The molecule has 1 fully saturated rings. The van der Waals surface area contributed by atoms with Gasteiger partial charge in [-0.3, -0.25) is 0 Å². The molecule has 98 valence electrons. The van der Waals surface area contributed by atoms with Crippen LogP contribution in [0.25, 0.3) is 0 Å². The summed E-state index contributed by atoms with van der Waals surface area (Å²) in [6, 6.07) is 8.16. The summed E-state index contributed by atoms with van der Waals surface area (Å²) in [5, 5.41) is 0. The molecule has 0 radical (unpaired) electrons. The van der Waals surface area contributed by atoms with E-state index in [1.807, 2.05) is 39.8 Å². The summed E-state index contributed by atoms with van der Waals surface area (Å²) >= 11 is 0. The van der Waals surface area contributed by atoms with Gasteiger partial charge in [0, 0.05) is 0 Å². The molecule has 1 saturated heterocycles. The van der Waals surface area contributed by atoms with Crippen molar-refractivity contribution < 1.29 is 14.0 Å². The molecule has 1 aromatic carbocycles. The summed E-state index contributed by atoms with van der Waals surface area (Å²) in [6.45, 7) is 10.6. The van der Waals surface area contributed by atoms with Crippen molar-refractivity contribution in [1.82, 2.24) is 0 Å². The van der Waals surface area contributed by atoms with E-state index in [0.717, 1.165) is 5.56 Å². The zero-order valence-electron chi connectivity index (χ0n) is 11.8. The first-order valence-corrected chi connectivity index (χ1v) is 6.33. The maximum absolute atomic E-state index is 5.78. The third-order valence-electron chi connectivity index (χ3n) is 3.87. The number of rotatable bonds is 3. The standard InChI is InChI=1S/C14H21BO3/c1-11-8-6-7-9-12(11)10-16-15-17-13(2,3)14(4,5)18-15/h6-9H,10H2,1-5H3. The summed E-state index contributed by atoms with van der Waals surface area (Å²) in [5.41, 5.74) is 1.69. The molecule has 1 aromatic rings. The molecule has 0 aliphatic carbocycles. The number of benzene rings is 1. The van der Waals surface area contributed by atoms with Crippen molar-refractivity contribution >= 4 is 7.32 Å². The quantitative estimate of drug-likeness (QED) is 0.769. The normalized spacial score (nSPS) is 21.3. The second-order valence-electron chi connectivity index (χ2n) is 5.78. The van der Waals surface area contributed by atoms with Gasteiger partial charge in [0.05, 0.1) is 17.8 Å². The second kappa shape index (κ2) is 4.69. The fourth-order valence-corrected chi connectivity index (χ4v) is 1.79. The Morgan fingerprint density at radius 1 is 1.06 bits per heavy atom. The molecule has 3 nitrogen and oxygen atoms in total. The zero-order valence-corrected chi connectivity index (χ0v) is 11.8. The van der Waals surface area contributed by atoms with Gasteiger partial charge in [0.15, 0.2) is 0 Å². The van der Waals surface area contributed by atoms with Crippen LogP contribution in [0.1, 0.15) is 38.8 Å². The molecule has 0 unspecified atom stereocenters.